The van der Waals surface area contributed by atoms with Crippen LogP contribution in [0.15, 0.2) is 71.6 Å². The van der Waals surface area contributed by atoms with E-state index in [2.05, 4.69) is 5.32 Å². The van der Waals surface area contributed by atoms with Gasteiger partial charge in [-0.15, -0.1) is 0 Å². The Bertz CT molecular complexity index is 1560. The molecule has 0 saturated heterocycles. The molecule has 1 fully saturated rings. The summed E-state index contributed by atoms with van der Waals surface area (Å²) in [6.45, 7) is 3.08. The highest BCUT2D eigenvalue weighted by atomic mass is 35.5. The normalized spacial score (nSPS) is 14.4. The van der Waals surface area contributed by atoms with Crippen molar-refractivity contribution in [1.29, 1.82) is 0 Å². The van der Waals surface area contributed by atoms with Gasteiger partial charge in [-0.25, -0.2) is 8.42 Å². The summed E-state index contributed by atoms with van der Waals surface area (Å²) in [6, 6.07) is 17.4. The molecule has 44 heavy (non-hydrogen) atoms. The van der Waals surface area contributed by atoms with Crippen molar-refractivity contribution in [2.75, 3.05) is 25.1 Å². The Morgan fingerprint density at radius 3 is 2.27 bits per heavy atom. The highest BCUT2D eigenvalue weighted by molar-refractivity contribution is 7.92. The maximum atomic E-state index is 14.2. The predicted octanol–water partition coefficient (Wildman–Crippen LogP) is 5.73. The molecule has 1 aliphatic rings. The number of hydrogen-bond donors (Lipinski definition) is 1. The van der Waals surface area contributed by atoms with Gasteiger partial charge in [0.15, 0.2) is 11.5 Å². The van der Waals surface area contributed by atoms with Crippen molar-refractivity contribution in [3.05, 3.63) is 82.9 Å². The molecule has 1 N–H and O–H groups in total. The maximum absolute atomic E-state index is 14.2. The number of hydrogen-bond acceptors (Lipinski definition) is 6. The molecule has 9 nitrogen and oxygen atoms in total. The molecule has 0 bridgehead atoms. The molecule has 0 heterocycles. The van der Waals surface area contributed by atoms with E-state index in [4.69, 9.17) is 21.1 Å². The first-order valence-electron chi connectivity index (χ1n) is 14.7. The van der Waals surface area contributed by atoms with Crippen molar-refractivity contribution in [3.8, 4) is 11.5 Å². The van der Waals surface area contributed by atoms with Crippen LogP contribution in [0.1, 0.15) is 50.2 Å². The summed E-state index contributed by atoms with van der Waals surface area (Å²) in [7, 11) is -1.39. The molecule has 0 aromatic heterocycles. The Morgan fingerprint density at radius 2 is 1.64 bits per heavy atom. The molecule has 0 spiro atoms. The van der Waals surface area contributed by atoms with Gasteiger partial charge in [-0.05, 0) is 68.7 Å². The molecule has 1 saturated carbocycles. The van der Waals surface area contributed by atoms with Gasteiger partial charge in [0.25, 0.3) is 10.0 Å². The Balaban J connectivity index is 1.70. The molecule has 236 valence electrons. The second-order valence-electron chi connectivity index (χ2n) is 11.0. The predicted molar refractivity (Wildman–Crippen MR) is 172 cm³/mol. The molecule has 3 aromatic rings. The third-order valence-corrected chi connectivity index (χ3v) is 9.91. The largest absolute Gasteiger partial charge is 0.493 e. The quantitative estimate of drug-likeness (QED) is 0.271. The number of sulfonamides is 1. The van der Waals surface area contributed by atoms with Crippen LogP contribution in [0.4, 0.5) is 5.69 Å². The molecule has 2 amide bonds. The van der Waals surface area contributed by atoms with E-state index >= 15 is 0 Å². The highest BCUT2D eigenvalue weighted by Crippen LogP contribution is 2.32. The van der Waals surface area contributed by atoms with Crippen molar-refractivity contribution in [2.24, 2.45) is 0 Å². The average molecular weight is 642 g/mol. The number of nitrogens with zero attached hydrogens (tertiary/aromatic N) is 2. The number of halogens is 1. The molecule has 4 rings (SSSR count). The van der Waals surface area contributed by atoms with Crippen LogP contribution in [0.25, 0.3) is 0 Å². The minimum absolute atomic E-state index is 0.0521. The van der Waals surface area contributed by atoms with Crippen LogP contribution in [0, 0.1) is 6.92 Å². The number of aryl methyl sites for hydroxylation is 1. The van der Waals surface area contributed by atoms with Crippen molar-refractivity contribution in [2.45, 2.75) is 69.5 Å². The van der Waals surface area contributed by atoms with Crippen LogP contribution in [-0.4, -0.2) is 58.0 Å². The summed E-state index contributed by atoms with van der Waals surface area (Å²) in [4.78, 5) is 29.0. The highest BCUT2D eigenvalue weighted by Gasteiger charge is 2.33. The first-order valence-corrected chi connectivity index (χ1v) is 16.5. The van der Waals surface area contributed by atoms with Crippen LogP contribution in [0.2, 0.25) is 5.02 Å². The van der Waals surface area contributed by atoms with E-state index in [1.54, 1.807) is 49.4 Å². The fourth-order valence-electron chi connectivity index (χ4n) is 5.33. The van der Waals surface area contributed by atoms with Crippen LogP contribution in [0.5, 0.6) is 11.5 Å². The van der Waals surface area contributed by atoms with E-state index in [0.29, 0.717) is 22.0 Å². The van der Waals surface area contributed by atoms with Crippen LogP contribution in [0.3, 0.4) is 0 Å². The summed E-state index contributed by atoms with van der Waals surface area (Å²) >= 11 is 6.24. The van der Waals surface area contributed by atoms with Gasteiger partial charge in [0, 0.05) is 23.7 Å². The van der Waals surface area contributed by atoms with Crippen molar-refractivity contribution in [3.63, 3.8) is 0 Å². The zero-order chi connectivity index (χ0) is 31.9. The van der Waals surface area contributed by atoms with Gasteiger partial charge < -0.3 is 19.7 Å². The summed E-state index contributed by atoms with van der Waals surface area (Å²) in [5.41, 5.74) is 1.95. The SMILES string of the molecule is COc1ccc(S(=O)(=O)N(CC(=O)N(Cc2cccc(Cl)c2)C(C)C(=O)NC2CCCCC2)c2ccc(C)cc2)cc1OC. The van der Waals surface area contributed by atoms with E-state index in [0.717, 1.165) is 42.0 Å². The van der Waals surface area contributed by atoms with Gasteiger partial charge in [0.2, 0.25) is 11.8 Å². The monoisotopic (exact) mass is 641 g/mol. The molecular formula is C33H40ClN3O6S. The fourth-order valence-corrected chi connectivity index (χ4v) is 6.97. The van der Waals surface area contributed by atoms with E-state index in [9.17, 15) is 18.0 Å². The topological polar surface area (TPSA) is 105 Å². The number of ether oxygens (including phenoxy) is 2. The molecule has 0 aliphatic heterocycles. The first-order chi connectivity index (χ1) is 21.0. The van der Waals surface area contributed by atoms with E-state index in [-0.39, 0.29) is 29.1 Å². The Hall–Kier alpha value is -3.76. The number of nitrogens with one attached hydrogen (secondary N) is 1. The summed E-state index contributed by atoms with van der Waals surface area (Å²) in [5, 5.41) is 3.60. The van der Waals surface area contributed by atoms with Crippen molar-refractivity contribution >= 4 is 39.1 Å². The third kappa shape index (κ3) is 8.04. The minimum Gasteiger partial charge on any atom is -0.493 e. The van der Waals surface area contributed by atoms with Gasteiger partial charge in [-0.2, -0.15) is 0 Å². The van der Waals surface area contributed by atoms with Gasteiger partial charge in [0.05, 0.1) is 24.8 Å². The van der Waals surface area contributed by atoms with E-state index < -0.39 is 28.5 Å². The number of methoxy groups -OCH3 is 2. The molecule has 1 aliphatic carbocycles. The lowest BCUT2D eigenvalue weighted by Crippen LogP contribution is -2.53. The number of rotatable bonds is 12. The molecule has 1 unspecified atom stereocenters. The first kappa shape index (κ1) is 33.1. The smallest absolute Gasteiger partial charge is 0.264 e. The fraction of sp³-hybridized carbons (Fsp3) is 0.394. The molecule has 11 heteroatoms. The van der Waals surface area contributed by atoms with Gasteiger partial charge in [-0.1, -0.05) is 60.7 Å². The molecule has 1 atom stereocenters. The number of carbonyl (C=O) groups is 2. The summed E-state index contributed by atoms with van der Waals surface area (Å²) in [6.07, 6.45) is 5.02. The number of amides is 2. The Labute approximate surface area is 265 Å². The molecular weight excluding hydrogens is 602 g/mol. The Kier molecular flexibility index (Phi) is 11.2. The van der Waals surface area contributed by atoms with Crippen LogP contribution in [-0.2, 0) is 26.2 Å². The van der Waals surface area contributed by atoms with E-state index in [1.165, 1.54) is 37.3 Å². The second kappa shape index (κ2) is 14.8. The average Bonchev–Trinajstić information content (AvgIpc) is 3.02. The van der Waals surface area contributed by atoms with Crippen LogP contribution >= 0.6 is 11.6 Å². The standard InChI is InChI=1S/C33H40ClN3O6S/c1-23-13-15-28(16-14-23)37(44(40,41)29-17-18-30(42-3)31(20-29)43-4)22-32(38)36(21-25-9-8-10-26(34)19-25)24(2)33(39)35-27-11-6-5-7-12-27/h8-10,13-20,24,27H,5-7,11-12,21-22H2,1-4H3,(H,35,39). The van der Waals surface area contributed by atoms with Crippen LogP contribution < -0.4 is 19.1 Å². The zero-order valence-electron chi connectivity index (χ0n) is 25.6. The van der Waals surface area contributed by atoms with Gasteiger partial charge >= 0.3 is 0 Å². The lowest BCUT2D eigenvalue weighted by molar-refractivity contribution is -0.139. The number of carbonyl (C=O) groups excluding carboxylic acids is 2. The van der Waals surface area contributed by atoms with Crippen molar-refractivity contribution < 1.29 is 27.5 Å². The van der Waals surface area contributed by atoms with E-state index in [1.807, 2.05) is 13.0 Å². The molecule has 0 radical (unpaired) electrons. The summed E-state index contributed by atoms with van der Waals surface area (Å²) < 4.78 is 40.0. The lowest BCUT2D eigenvalue weighted by atomic mass is 9.95. The minimum atomic E-state index is -4.27. The maximum Gasteiger partial charge on any atom is 0.264 e. The van der Waals surface area contributed by atoms with Gasteiger partial charge in [0.1, 0.15) is 12.6 Å². The lowest BCUT2D eigenvalue weighted by Gasteiger charge is -2.33. The second-order valence-corrected chi connectivity index (χ2v) is 13.3. The zero-order valence-corrected chi connectivity index (χ0v) is 27.2. The Morgan fingerprint density at radius 1 is 0.955 bits per heavy atom. The number of anilines is 1. The summed E-state index contributed by atoms with van der Waals surface area (Å²) in [5.74, 6) is -0.216. The van der Waals surface area contributed by atoms with Crippen molar-refractivity contribution in [1.82, 2.24) is 10.2 Å². The third-order valence-electron chi connectivity index (χ3n) is 7.90. The number of benzene rings is 3. The van der Waals surface area contributed by atoms with Gasteiger partial charge in [-0.3, -0.25) is 13.9 Å². The molecule has 3 aromatic carbocycles.